The Kier molecular flexibility index (Phi) is 7.11. The maximum absolute atomic E-state index is 13.3. The van der Waals surface area contributed by atoms with Crippen molar-refractivity contribution < 1.29 is 33.6 Å². The maximum atomic E-state index is 13.3. The molecule has 0 radical (unpaired) electrons. The summed E-state index contributed by atoms with van der Waals surface area (Å²) in [6.07, 6.45) is 0.683. The van der Waals surface area contributed by atoms with E-state index in [-0.39, 0.29) is 11.3 Å². The normalized spacial score (nSPS) is 21.6. The second-order valence-corrected chi connectivity index (χ2v) is 8.90. The predicted molar refractivity (Wildman–Crippen MR) is 131 cm³/mol. The second kappa shape index (κ2) is 10.6. The molecule has 190 valence electrons. The van der Waals surface area contributed by atoms with Crippen LogP contribution in [0.1, 0.15) is 23.6 Å². The largest absolute Gasteiger partial charge is 0.507 e. The molecule has 9 heteroatoms. The Labute approximate surface area is 209 Å². The molecule has 2 saturated heterocycles. The number of ether oxygens (including phenoxy) is 4. The molecule has 36 heavy (non-hydrogen) atoms. The number of nitrogens with zero attached hydrogens (tertiary/aromatic N) is 2. The summed E-state index contributed by atoms with van der Waals surface area (Å²) in [7, 11) is 1.55. The monoisotopic (exact) mass is 494 g/mol. The number of likely N-dealkylation sites (tertiary alicyclic amines) is 1. The van der Waals surface area contributed by atoms with E-state index < -0.39 is 17.7 Å². The number of carbonyl (C=O) groups is 2. The number of morpholine rings is 1. The summed E-state index contributed by atoms with van der Waals surface area (Å²) in [5, 5.41) is 11.4. The van der Waals surface area contributed by atoms with Gasteiger partial charge in [-0.05, 0) is 30.7 Å². The smallest absolute Gasteiger partial charge is 0.295 e. The quantitative estimate of drug-likeness (QED) is 0.357. The number of rotatable bonds is 7. The van der Waals surface area contributed by atoms with Crippen LogP contribution in [0.25, 0.3) is 5.76 Å². The first kappa shape index (κ1) is 24.1. The molecule has 3 aliphatic heterocycles. The zero-order chi connectivity index (χ0) is 25.1. The lowest BCUT2D eigenvalue weighted by Crippen LogP contribution is -2.39. The standard InChI is InChI=1S/C27H30N2O7/c1-33-20-6-3-2-5-19(20)24-23(25(30)18-7-8-21-22(17-18)36-16-15-35-21)26(31)27(32)29(24)10-4-9-28-11-13-34-14-12-28/h2-3,5-8,17,24,30H,4,9-16H2,1H3/b25-23+. The van der Waals surface area contributed by atoms with Gasteiger partial charge in [-0.2, -0.15) is 0 Å². The highest BCUT2D eigenvalue weighted by atomic mass is 16.6. The summed E-state index contributed by atoms with van der Waals surface area (Å²) in [4.78, 5) is 30.4. The third kappa shape index (κ3) is 4.64. The molecule has 1 unspecified atom stereocenters. The minimum atomic E-state index is -0.779. The molecule has 1 amide bonds. The fourth-order valence-electron chi connectivity index (χ4n) is 4.96. The molecular weight excluding hydrogens is 464 g/mol. The van der Waals surface area contributed by atoms with E-state index in [9.17, 15) is 14.7 Å². The van der Waals surface area contributed by atoms with E-state index in [1.807, 2.05) is 18.2 Å². The van der Waals surface area contributed by atoms with Gasteiger partial charge in [-0.15, -0.1) is 0 Å². The average molecular weight is 495 g/mol. The molecule has 0 spiro atoms. The van der Waals surface area contributed by atoms with E-state index in [2.05, 4.69) is 4.90 Å². The summed E-state index contributed by atoms with van der Waals surface area (Å²) in [5.41, 5.74) is 1.06. The number of hydrogen-bond acceptors (Lipinski definition) is 8. The topological polar surface area (TPSA) is 97.8 Å². The van der Waals surface area contributed by atoms with E-state index in [4.69, 9.17) is 18.9 Å². The van der Waals surface area contributed by atoms with Crippen LogP contribution in [0.15, 0.2) is 48.0 Å². The number of aliphatic hydroxyl groups is 1. The lowest BCUT2D eigenvalue weighted by molar-refractivity contribution is -0.140. The maximum Gasteiger partial charge on any atom is 0.295 e. The molecule has 0 saturated carbocycles. The van der Waals surface area contributed by atoms with Crippen molar-refractivity contribution in [3.05, 3.63) is 59.2 Å². The van der Waals surface area contributed by atoms with Gasteiger partial charge in [0.05, 0.1) is 31.9 Å². The Morgan fingerprint density at radius 2 is 1.75 bits per heavy atom. The highest BCUT2D eigenvalue weighted by Crippen LogP contribution is 2.43. The summed E-state index contributed by atoms with van der Waals surface area (Å²) >= 11 is 0. The van der Waals surface area contributed by atoms with Crippen molar-refractivity contribution in [2.45, 2.75) is 12.5 Å². The molecule has 0 aromatic heterocycles. The molecule has 9 nitrogen and oxygen atoms in total. The van der Waals surface area contributed by atoms with E-state index in [1.54, 1.807) is 36.3 Å². The van der Waals surface area contributed by atoms with Crippen molar-refractivity contribution in [1.82, 2.24) is 9.80 Å². The van der Waals surface area contributed by atoms with Crippen LogP contribution in [0, 0.1) is 0 Å². The van der Waals surface area contributed by atoms with Gasteiger partial charge in [0.1, 0.15) is 24.7 Å². The van der Waals surface area contributed by atoms with Gasteiger partial charge in [0.15, 0.2) is 11.5 Å². The van der Waals surface area contributed by atoms with E-state index in [1.165, 1.54) is 0 Å². The van der Waals surface area contributed by atoms with Crippen LogP contribution in [-0.2, 0) is 14.3 Å². The number of methoxy groups -OCH3 is 1. The minimum absolute atomic E-state index is 0.0348. The summed E-state index contributed by atoms with van der Waals surface area (Å²) < 4.78 is 22.2. The number of aliphatic hydroxyl groups excluding tert-OH is 1. The number of carbonyl (C=O) groups excluding carboxylic acids is 2. The van der Waals surface area contributed by atoms with Crippen molar-refractivity contribution in [2.24, 2.45) is 0 Å². The van der Waals surface area contributed by atoms with Crippen molar-refractivity contribution in [2.75, 3.05) is 59.7 Å². The Morgan fingerprint density at radius 1 is 1.00 bits per heavy atom. The van der Waals surface area contributed by atoms with Gasteiger partial charge in [-0.3, -0.25) is 14.5 Å². The number of para-hydroxylation sites is 1. The Hall–Kier alpha value is -3.56. The van der Waals surface area contributed by atoms with Gasteiger partial charge in [0, 0.05) is 37.3 Å². The highest BCUT2D eigenvalue weighted by Gasteiger charge is 2.46. The third-order valence-electron chi connectivity index (χ3n) is 6.77. The molecule has 0 aliphatic carbocycles. The van der Waals surface area contributed by atoms with E-state index in [0.29, 0.717) is 67.8 Å². The molecule has 5 rings (SSSR count). The van der Waals surface area contributed by atoms with Gasteiger partial charge in [0.25, 0.3) is 11.7 Å². The second-order valence-electron chi connectivity index (χ2n) is 8.90. The van der Waals surface area contributed by atoms with Gasteiger partial charge in [-0.1, -0.05) is 18.2 Å². The first-order valence-electron chi connectivity index (χ1n) is 12.2. The van der Waals surface area contributed by atoms with Crippen LogP contribution in [0.3, 0.4) is 0 Å². The predicted octanol–water partition coefficient (Wildman–Crippen LogP) is 2.61. The number of benzene rings is 2. The summed E-state index contributed by atoms with van der Waals surface area (Å²) in [6.45, 7) is 5.07. The fraction of sp³-hybridized carbons (Fsp3) is 0.407. The SMILES string of the molecule is COc1ccccc1C1/C(=C(\O)c2ccc3c(c2)OCCO3)C(=O)C(=O)N1CCCN1CCOCC1. The lowest BCUT2D eigenvalue weighted by Gasteiger charge is -2.29. The first-order valence-corrected chi connectivity index (χ1v) is 12.2. The molecule has 1 N–H and O–H groups in total. The van der Waals surface area contributed by atoms with Crippen LogP contribution < -0.4 is 14.2 Å². The highest BCUT2D eigenvalue weighted by molar-refractivity contribution is 6.46. The van der Waals surface area contributed by atoms with E-state index >= 15 is 0 Å². The van der Waals surface area contributed by atoms with Gasteiger partial charge in [0.2, 0.25) is 0 Å². The first-order chi connectivity index (χ1) is 17.6. The zero-order valence-electron chi connectivity index (χ0n) is 20.3. The fourth-order valence-corrected chi connectivity index (χ4v) is 4.96. The summed E-state index contributed by atoms with van der Waals surface area (Å²) in [6, 6.07) is 11.5. The molecule has 3 heterocycles. The van der Waals surface area contributed by atoms with Crippen molar-refractivity contribution in [3.63, 3.8) is 0 Å². The molecule has 1 atom stereocenters. The van der Waals surface area contributed by atoms with Crippen LogP contribution in [0.4, 0.5) is 0 Å². The minimum Gasteiger partial charge on any atom is -0.507 e. The molecule has 3 aliphatic rings. The number of amides is 1. The summed E-state index contributed by atoms with van der Waals surface area (Å²) in [5.74, 6) is -0.00858. The number of ketones is 1. The van der Waals surface area contributed by atoms with Gasteiger partial charge >= 0.3 is 0 Å². The van der Waals surface area contributed by atoms with Crippen LogP contribution in [-0.4, -0.2) is 86.3 Å². The molecule has 0 bridgehead atoms. The Balaban J connectivity index is 1.51. The van der Waals surface area contributed by atoms with Gasteiger partial charge in [-0.25, -0.2) is 0 Å². The number of fused-ring (bicyclic) bond motifs is 1. The van der Waals surface area contributed by atoms with Crippen LogP contribution >= 0.6 is 0 Å². The van der Waals surface area contributed by atoms with Crippen LogP contribution in [0.5, 0.6) is 17.2 Å². The third-order valence-corrected chi connectivity index (χ3v) is 6.77. The zero-order valence-corrected chi connectivity index (χ0v) is 20.3. The molecule has 2 aromatic carbocycles. The molecule has 2 aromatic rings. The van der Waals surface area contributed by atoms with Crippen molar-refractivity contribution in [3.8, 4) is 17.2 Å². The average Bonchev–Trinajstić information content (AvgIpc) is 3.17. The Morgan fingerprint density at radius 3 is 2.53 bits per heavy atom. The van der Waals surface area contributed by atoms with Crippen molar-refractivity contribution >= 4 is 17.4 Å². The number of Topliss-reactive ketones (excluding diaryl/α,β-unsaturated/α-hetero) is 1. The molecule has 2 fully saturated rings. The van der Waals surface area contributed by atoms with Crippen LogP contribution in [0.2, 0.25) is 0 Å². The Bertz CT molecular complexity index is 1170. The lowest BCUT2D eigenvalue weighted by atomic mass is 9.94. The van der Waals surface area contributed by atoms with Crippen molar-refractivity contribution in [1.29, 1.82) is 0 Å². The van der Waals surface area contributed by atoms with E-state index in [0.717, 1.165) is 19.6 Å². The van der Waals surface area contributed by atoms with Gasteiger partial charge < -0.3 is 29.0 Å². The number of hydrogen-bond donors (Lipinski definition) is 1. The molecular formula is C27H30N2O7.